The summed E-state index contributed by atoms with van der Waals surface area (Å²) in [6.45, 7) is 6.95. The first-order valence-electron chi connectivity index (χ1n) is 8.69. The number of ether oxygens (including phenoxy) is 2. The number of aromatic nitrogens is 1. The molecule has 0 saturated carbocycles. The van der Waals surface area contributed by atoms with Gasteiger partial charge in [-0.1, -0.05) is 15.9 Å². The van der Waals surface area contributed by atoms with Gasteiger partial charge >= 0.3 is 0 Å². The molecule has 0 radical (unpaired) electrons. The van der Waals surface area contributed by atoms with Gasteiger partial charge in [0.15, 0.2) is 18.1 Å². The summed E-state index contributed by atoms with van der Waals surface area (Å²) >= 11 is 3.57. The van der Waals surface area contributed by atoms with E-state index in [0.29, 0.717) is 24.6 Å². The van der Waals surface area contributed by atoms with Crippen LogP contribution in [0.15, 0.2) is 41.1 Å². The number of halogens is 1. The van der Waals surface area contributed by atoms with E-state index in [1.165, 1.54) is 0 Å². The second-order valence-electron chi connectivity index (χ2n) is 7.10. The van der Waals surface area contributed by atoms with E-state index in [9.17, 15) is 4.79 Å². The summed E-state index contributed by atoms with van der Waals surface area (Å²) < 4.78 is 12.1. The third-order valence-electron chi connectivity index (χ3n) is 3.63. The van der Waals surface area contributed by atoms with Gasteiger partial charge in [-0.25, -0.2) is 0 Å². The zero-order valence-electron chi connectivity index (χ0n) is 16.1. The van der Waals surface area contributed by atoms with Crippen molar-refractivity contribution in [3.8, 4) is 11.5 Å². The molecule has 0 aliphatic rings. The number of benzene rings is 1. The van der Waals surface area contributed by atoms with Crippen LogP contribution in [-0.4, -0.2) is 30.1 Å². The number of pyridine rings is 1. The fourth-order valence-electron chi connectivity index (χ4n) is 2.49. The molecule has 1 aromatic heterocycles. The highest BCUT2D eigenvalue weighted by Crippen LogP contribution is 2.36. The van der Waals surface area contributed by atoms with Crippen LogP contribution in [0, 0.1) is 0 Å². The second kappa shape index (κ2) is 9.71. The molecular weight excluding hydrogens is 410 g/mol. The molecule has 0 spiro atoms. The largest absolute Gasteiger partial charge is 0.493 e. The van der Waals surface area contributed by atoms with E-state index >= 15 is 0 Å². The Labute approximate surface area is 168 Å². The second-order valence-corrected chi connectivity index (χ2v) is 7.96. The van der Waals surface area contributed by atoms with Crippen molar-refractivity contribution < 1.29 is 14.3 Å². The minimum Gasteiger partial charge on any atom is -0.493 e. The van der Waals surface area contributed by atoms with Crippen molar-refractivity contribution in [2.24, 2.45) is 0 Å². The van der Waals surface area contributed by atoms with Crippen molar-refractivity contribution in [1.29, 1.82) is 0 Å². The van der Waals surface area contributed by atoms with Gasteiger partial charge < -0.3 is 20.1 Å². The molecule has 2 N–H and O–H groups in total. The molecule has 1 amide bonds. The van der Waals surface area contributed by atoms with Crippen molar-refractivity contribution in [3.05, 3.63) is 52.3 Å². The highest BCUT2D eigenvalue weighted by molar-refractivity contribution is 9.10. The van der Waals surface area contributed by atoms with Gasteiger partial charge in [-0.2, -0.15) is 0 Å². The quantitative estimate of drug-likeness (QED) is 0.664. The lowest BCUT2D eigenvalue weighted by atomic mass is 10.1. The number of nitrogens with one attached hydrogen (secondary N) is 2. The number of methoxy groups -OCH3 is 1. The van der Waals surface area contributed by atoms with Crippen LogP contribution in [0.4, 0.5) is 0 Å². The topological polar surface area (TPSA) is 72.5 Å². The van der Waals surface area contributed by atoms with Gasteiger partial charge in [0.2, 0.25) is 0 Å². The van der Waals surface area contributed by atoms with Crippen LogP contribution < -0.4 is 20.1 Å². The van der Waals surface area contributed by atoms with Crippen molar-refractivity contribution in [1.82, 2.24) is 15.6 Å². The minimum atomic E-state index is -0.309. The number of amides is 1. The molecule has 6 nitrogen and oxygen atoms in total. The van der Waals surface area contributed by atoms with Crippen molar-refractivity contribution >= 4 is 21.8 Å². The van der Waals surface area contributed by atoms with Gasteiger partial charge in [0.05, 0.1) is 7.11 Å². The van der Waals surface area contributed by atoms with Crippen LogP contribution in [0.5, 0.6) is 11.5 Å². The number of rotatable bonds is 8. The number of hydrogen-bond donors (Lipinski definition) is 2. The number of carbonyl (C=O) groups is 1. The predicted molar refractivity (Wildman–Crippen MR) is 109 cm³/mol. The lowest BCUT2D eigenvalue weighted by Crippen LogP contribution is -2.43. The first kappa shape index (κ1) is 21.2. The Morgan fingerprint density at radius 1 is 1.15 bits per heavy atom. The SMILES string of the molecule is COc1ccc(Br)c(CNCc2ccncc2)c1OCC(=O)NC(C)(C)C. The Morgan fingerprint density at radius 2 is 1.85 bits per heavy atom. The standard InChI is InChI=1S/C20H26BrN3O3/c1-20(2,3)24-18(25)13-27-19-15(16(21)5-6-17(19)26-4)12-23-11-14-7-9-22-10-8-14/h5-10,23H,11-13H2,1-4H3,(H,24,25). The van der Waals surface area contributed by atoms with Crippen molar-refractivity contribution in [3.63, 3.8) is 0 Å². The molecule has 0 saturated heterocycles. The summed E-state index contributed by atoms with van der Waals surface area (Å²) in [4.78, 5) is 16.1. The van der Waals surface area contributed by atoms with Gasteiger partial charge in [-0.3, -0.25) is 9.78 Å². The van der Waals surface area contributed by atoms with Gasteiger partial charge in [-0.15, -0.1) is 0 Å². The smallest absolute Gasteiger partial charge is 0.258 e. The predicted octanol–water partition coefficient (Wildman–Crippen LogP) is 3.44. The molecule has 0 aliphatic carbocycles. The molecule has 2 aromatic rings. The maximum absolute atomic E-state index is 12.1. The Hall–Kier alpha value is -2.12. The fourth-order valence-corrected chi connectivity index (χ4v) is 2.94. The monoisotopic (exact) mass is 435 g/mol. The average Bonchev–Trinajstić information content (AvgIpc) is 2.61. The van der Waals surface area contributed by atoms with Crippen LogP contribution >= 0.6 is 15.9 Å². The Morgan fingerprint density at radius 3 is 2.48 bits per heavy atom. The highest BCUT2D eigenvalue weighted by Gasteiger charge is 2.18. The molecule has 7 heteroatoms. The van der Waals surface area contributed by atoms with E-state index in [-0.39, 0.29) is 18.1 Å². The molecule has 0 aliphatic heterocycles. The third kappa shape index (κ3) is 6.84. The molecular formula is C20H26BrN3O3. The molecule has 0 unspecified atom stereocenters. The van der Waals surface area contributed by atoms with Gasteiger partial charge in [0, 0.05) is 41.1 Å². The zero-order valence-corrected chi connectivity index (χ0v) is 17.7. The fraction of sp³-hybridized carbons (Fsp3) is 0.400. The summed E-state index contributed by atoms with van der Waals surface area (Å²) in [6.07, 6.45) is 3.53. The first-order valence-corrected chi connectivity index (χ1v) is 9.48. The average molecular weight is 436 g/mol. The van der Waals surface area contributed by atoms with E-state index in [2.05, 4.69) is 31.5 Å². The molecule has 1 heterocycles. The Kier molecular flexibility index (Phi) is 7.62. The Balaban J connectivity index is 2.09. The molecule has 0 atom stereocenters. The van der Waals surface area contributed by atoms with Gasteiger partial charge in [0.1, 0.15) is 0 Å². The maximum Gasteiger partial charge on any atom is 0.258 e. The van der Waals surface area contributed by atoms with E-state index in [1.54, 1.807) is 19.5 Å². The molecule has 146 valence electrons. The molecule has 27 heavy (non-hydrogen) atoms. The summed E-state index contributed by atoms with van der Waals surface area (Å²) in [5, 5.41) is 6.27. The lowest BCUT2D eigenvalue weighted by molar-refractivity contribution is -0.124. The lowest BCUT2D eigenvalue weighted by Gasteiger charge is -2.21. The summed E-state index contributed by atoms with van der Waals surface area (Å²) in [5.41, 5.74) is 1.72. The van der Waals surface area contributed by atoms with Gasteiger partial charge in [0.25, 0.3) is 5.91 Å². The molecule has 2 rings (SSSR count). The zero-order chi connectivity index (χ0) is 19.9. The van der Waals surface area contributed by atoms with Gasteiger partial charge in [-0.05, 0) is 50.6 Å². The Bertz CT molecular complexity index is 761. The number of hydrogen-bond acceptors (Lipinski definition) is 5. The number of nitrogens with zero attached hydrogens (tertiary/aromatic N) is 1. The van der Waals surface area contributed by atoms with Crippen LogP contribution in [0.25, 0.3) is 0 Å². The van der Waals surface area contributed by atoms with E-state index in [0.717, 1.165) is 15.6 Å². The minimum absolute atomic E-state index is 0.0819. The normalized spacial score (nSPS) is 11.1. The maximum atomic E-state index is 12.1. The number of carbonyl (C=O) groups excluding carboxylic acids is 1. The van der Waals surface area contributed by atoms with Crippen molar-refractivity contribution in [2.75, 3.05) is 13.7 Å². The summed E-state index contributed by atoms with van der Waals surface area (Å²) in [5.74, 6) is 0.959. The van der Waals surface area contributed by atoms with E-state index in [4.69, 9.17) is 9.47 Å². The highest BCUT2D eigenvalue weighted by atomic mass is 79.9. The molecule has 0 fully saturated rings. The molecule has 0 bridgehead atoms. The summed E-state index contributed by atoms with van der Waals surface area (Å²) in [7, 11) is 1.58. The van der Waals surface area contributed by atoms with E-state index in [1.807, 2.05) is 45.0 Å². The molecule has 1 aromatic carbocycles. The van der Waals surface area contributed by atoms with Crippen molar-refractivity contribution in [2.45, 2.75) is 39.4 Å². The first-order chi connectivity index (χ1) is 12.8. The van der Waals surface area contributed by atoms with Crippen LogP contribution in [0.2, 0.25) is 0 Å². The van der Waals surface area contributed by atoms with Crippen LogP contribution in [-0.2, 0) is 17.9 Å². The third-order valence-corrected chi connectivity index (χ3v) is 4.37. The summed E-state index contributed by atoms with van der Waals surface area (Å²) in [6, 6.07) is 7.64. The van der Waals surface area contributed by atoms with E-state index < -0.39 is 0 Å². The van der Waals surface area contributed by atoms with Crippen LogP contribution in [0.3, 0.4) is 0 Å². The van der Waals surface area contributed by atoms with Crippen LogP contribution in [0.1, 0.15) is 31.9 Å².